The zero-order valence-electron chi connectivity index (χ0n) is 18.0. The summed E-state index contributed by atoms with van der Waals surface area (Å²) in [5, 5.41) is 0. The van der Waals surface area contributed by atoms with Crippen LogP contribution in [0, 0.1) is 34.5 Å². The van der Waals surface area contributed by atoms with Gasteiger partial charge >= 0.3 is 11.9 Å². The highest BCUT2D eigenvalue weighted by molar-refractivity contribution is 5.85. The molecular formula is C25H34O4. The topological polar surface area (TPSA) is 52.6 Å². The van der Waals surface area contributed by atoms with E-state index in [1.54, 1.807) is 11.6 Å². The van der Waals surface area contributed by atoms with Crippen molar-refractivity contribution in [3.8, 4) is 0 Å². The summed E-state index contributed by atoms with van der Waals surface area (Å²) in [7, 11) is 0. The molecule has 0 amide bonds. The lowest BCUT2D eigenvalue weighted by Gasteiger charge is -2.59. The van der Waals surface area contributed by atoms with Crippen LogP contribution in [0.1, 0.15) is 72.1 Å². The third kappa shape index (κ3) is 2.92. The quantitative estimate of drug-likeness (QED) is 0.486. The van der Waals surface area contributed by atoms with E-state index in [1.807, 2.05) is 0 Å². The van der Waals surface area contributed by atoms with Crippen molar-refractivity contribution >= 4 is 11.9 Å². The van der Waals surface area contributed by atoms with Gasteiger partial charge in [0.2, 0.25) is 0 Å². The highest BCUT2D eigenvalue weighted by Gasteiger charge is 2.58. The molecule has 0 radical (unpaired) electrons. The van der Waals surface area contributed by atoms with Crippen LogP contribution in [0.15, 0.2) is 23.3 Å². The van der Waals surface area contributed by atoms with Gasteiger partial charge in [-0.1, -0.05) is 25.5 Å². The van der Waals surface area contributed by atoms with Gasteiger partial charge in [-0.05, 0) is 91.4 Å². The molecule has 0 N–H and O–H groups in total. The minimum Gasteiger partial charge on any atom is -0.463 e. The normalized spacial score (nSPS) is 46.0. The molecule has 0 aromatic carbocycles. The Hall–Kier alpha value is -1.58. The van der Waals surface area contributed by atoms with Gasteiger partial charge in [-0.3, -0.25) is 4.79 Å². The third-order valence-corrected chi connectivity index (χ3v) is 9.48. The van der Waals surface area contributed by atoms with Gasteiger partial charge in [0, 0.05) is 13.0 Å². The lowest BCUT2D eigenvalue weighted by atomic mass is 9.45. The molecule has 5 aliphatic rings. The van der Waals surface area contributed by atoms with E-state index in [4.69, 9.17) is 9.47 Å². The average molecular weight is 399 g/mol. The predicted molar refractivity (Wildman–Crippen MR) is 110 cm³/mol. The van der Waals surface area contributed by atoms with Crippen molar-refractivity contribution in [3.63, 3.8) is 0 Å². The van der Waals surface area contributed by atoms with E-state index in [1.165, 1.54) is 44.6 Å². The lowest BCUT2D eigenvalue weighted by molar-refractivity contribution is -0.155. The summed E-state index contributed by atoms with van der Waals surface area (Å²) >= 11 is 0. The van der Waals surface area contributed by atoms with Crippen molar-refractivity contribution < 1.29 is 19.1 Å². The first-order valence-corrected chi connectivity index (χ1v) is 11.6. The number of rotatable bonds is 2. The largest absolute Gasteiger partial charge is 0.463 e. The van der Waals surface area contributed by atoms with E-state index in [9.17, 15) is 9.59 Å². The highest BCUT2D eigenvalue weighted by Crippen LogP contribution is 2.66. The fraction of sp³-hybridized carbons (Fsp3) is 0.760. The summed E-state index contributed by atoms with van der Waals surface area (Å²) in [5.41, 5.74) is 3.45. The standard InChI is InChI=1S/C25H34O4/c1-15(26)29-18-8-10-24(2)17(13-18)4-5-19-21-7-6-20(16-12-23(27)28-14-16)25(21,3)11-9-22(19)24/h7,12,17-20,22H,4-6,8-11,13-14H2,1-3H3/t17-,18-,19-,20-,22-,24-,25-/m1/s1. The molecule has 1 aliphatic heterocycles. The van der Waals surface area contributed by atoms with Crippen LogP contribution in [0.2, 0.25) is 0 Å². The van der Waals surface area contributed by atoms with Crippen molar-refractivity contribution in [2.24, 2.45) is 34.5 Å². The summed E-state index contributed by atoms with van der Waals surface area (Å²) in [6, 6.07) is 0. The van der Waals surface area contributed by atoms with Crippen LogP contribution in [-0.2, 0) is 19.1 Å². The van der Waals surface area contributed by atoms with Gasteiger partial charge in [0.05, 0.1) is 0 Å². The van der Waals surface area contributed by atoms with E-state index in [0.717, 1.165) is 25.2 Å². The Morgan fingerprint density at radius 2 is 2.00 bits per heavy atom. The Labute approximate surface area is 174 Å². The summed E-state index contributed by atoms with van der Waals surface area (Å²) in [5.74, 6) is 2.24. The maximum absolute atomic E-state index is 11.6. The first-order valence-electron chi connectivity index (χ1n) is 11.6. The second kappa shape index (κ2) is 6.72. The zero-order valence-corrected chi connectivity index (χ0v) is 18.0. The van der Waals surface area contributed by atoms with Crippen LogP contribution in [-0.4, -0.2) is 24.6 Å². The minimum absolute atomic E-state index is 0.123. The maximum atomic E-state index is 11.6. The molecule has 1 heterocycles. The van der Waals surface area contributed by atoms with Crippen LogP contribution >= 0.6 is 0 Å². The Morgan fingerprint density at radius 1 is 1.17 bits per heavy atom. The van der Waals surface area contributed by atoms with Crippen molar-refractivity contribution in [2.45, 2.75) is 78.2 Å². The molecule has 3 fully saturated rings. The molecule has 0 aromatic rings. The molecule has 4 heteroatoms. The molecular weight excluding hydrogens is 364 g/mol. The van der Waals surface area contributed by atoms with Crippen LogP contribution < -0.4 is 0 Å². The number of hydrogen-bond donors (Lipinski definition) is 0. The summed E-state index contributed by atoms with van der Waals surface area (Å²) < 4.78 is 10.8. The maximum Gasteiger partial charge on any atom is 0.331 e. The number of carbonyl (C=O) groups is 2. The first kappa shape index (κ1) is 19.4. The van der Waals surface area contributed by atoms with Crippen molar-refractivity contribution in [2.75, 3.05) is 6.61 Å². The molecule has 4 nitrogen and oxygen atoms in total. The summed E-state index contributed by atoms with van der Waals surface area (Å²) in [6.45, 7) is 7.00. The molecule has 0 saturated heterocycles. The summed E-state index contributed by atoms with van der Waals surface area (Å²) in [4.78, 5) is 23.1. The molecule has 158 valence electrons. The van der Waals surface area contributed by atoms with E-state index >= 15 is 0 Å². The number of carbonyl (C=O) groups excluding carboxylic acids is 2. The number of cyclic esters (lactones) is 1. The van der Waals surface area contributed by atoms with Gasteiger partial charge in [0.1, 0.15) is 12.7 Å². The van der Waals surface area contributed by atoms with E-state index < -0.39 is 0 Å². The third-order valence-electron chi connectivity index (χ3n) is 9.48. The molecule has 4 aliphatic carbocycles. The van der Waals surface area contributed by atoms with Gasteiger partial charge < -0.3 is 9.47 Å². The van der Waals surface area contributed by atoms with Crippen LogP contribution in [0.4, 0.5) is 0 Å². The van der Waals surface area contributed by atoms with E-state index in [0.29, 0.717) is 29.8 Å². The predicted octanol–water partition coefficient (Wildman–Crippen LogP) is 4.98. The lowest BCUT2D eigenvalue weighted by Crippen LogP contribution is -2.52. The first-order chi connectivity index (χ1) is 13.8. The van der Waals surface area contributed by atoms with Gasteiger partial charge in [-0.2, -0.15) is 0 Å². The Morgan fingerprint density at radius 3 is 2.72 bits per heavy atom. The highest BCUT2D eigenvalue weighted by atomic mass is 16.5. The van der Waals surface area contributed by atoms with Gasteiger partial charge in [-0.25, -0.2) is 4.79 Å². The molecule has 0 bridgehead atoms. The number of hydrogen-bond acceptors (Lipinski definition) is 4. The van der Waals surface area contributed by atoms with Crippen LogP contribution in [0.3, 0.4) is 0 Å². The number of allylic oxidation sites excluding steroid dienone is 2. The van der Waals surface area contributed by atoms with E-state index in [-0.39, 0.29) is 23.5 Å². The van der Waals surface area contributed by atoms with E-state index in [2.05, 4.69) is 19.9 Å². The SMILES string of the molecule is CC(=O)O[C@@H]1CC[C@]2(C)[C@H](CC[C@@H]3C4=CC[C@H](C5=CC(=O)OC5)[C@@]4(C)CC[C@H]32)C1. The molecule has 5 rings (SSSR count). The Balaban J connectivity index is 1.36. The van der Waals surface area contributed by atoms with Crippen molar-refractivity contribution in [3.05, 3.63) is 23.3 Å². The Kier molecular flexibility index (Phi) is 4.49. The van der Waals surface area contributed by atoms with Gasteiger partial charge in [0.25, 0.3) is 0 Å². The fourth-order valence-electron chi connectivity index (χ4n) is 8.04. The average Bonchev–Trinajstić information content (AvgIpc) is 3.24. The number of fused-ring (bicyclic) bond motifs is 5. The van der Waals surface area contributed by atoms with Crippen LogP contribution in [0.5, 0.6) is 0 Å². The zero-order chi connectivity index (χ0) is 20.4. The second-order valence-corrected chi connectivity index (χ2v) is 10.7. The molecule has 0 unspecified atom stereocenters. The smallest absolute Gasteiger partial charge is 0.331 e. The second-order valence-electron chi connectivity index (χ2n) is 10.7. The molecule has 7 atom stereocenters. The molecule has 0 aromatic heterocycles. The molecule has 0 spiro atoms. The Bertz CT molecular complexity index is 795. The van der Waals surface area contributed by atoms with Crippen molar-refractivity contribution in [1.29, 1.82) is 0 Å². The summed E-state index contributed by atoms with van der Waals surface area (Å²) in [6.07, 6.45) is 13.7. The van der Waals surface area contributed by atoms with Gasteiger partial charge in [0.15, 0.2) is 0 Å². The monoisotopic (exact) mass is 398 g/mol. The number of ether oxygens (including phenoxy) is 2. The molecule has 29 heavy (non-hydrogen) atoms. The fourth-order valence-corrected chi connectivity index (χ4v) is 8.04. The van der Waals surface area contributed by atoms with Crippen LogP contribution in [0.25, 0.3) is 0 Å². The molecule has 3 saturated carbocycles. The number of esters is 2. The van der Waals surface area contributed by atoms with Gasteiger partial charge in [-0.15, -0.1) is 0 Å². The van der Waals surface area contributed by atoms with Crippen molar-refractivity contribution in [1.82, 2.24) is 0 Å². The minimum atomic E-state index is -0.164.